The summed E-state index contributed by atoms with van der Waals surface area (Å²) >= 11 is 0. The average molecular weight is 221 g/mol. The lowest BCUT2D eigenvalue weighted by Gasteiger charge is -2.04. The molecule has 1 rings (SSSR count). The van der Waals surface area contributed by atoms with E-state index in [0.29, 0.717) is 5.57 Å². The van der Waals surface area contributed by atoms with Crippen LogP contribution in [0.2, 0.25) is 0 Å². The Balaban J connectivity index is 2.90. The number of hydrogen-bond donors (Lipinski definition) is 0. The predicted octanol–water partition coefficient (Wildman–Crippen LogP) is 2.33. The molecule has 0 aliphatic rings. The predicted molar refractivity (Wildman–Crippen MR) is 58.2 cm³/mol. The van der Waals surface area contributed by atoms with Crippen LogP contribution in [-0.4, -0.2) is 17.5 Å². The molecule has 0 saturated heterocycles. The molecule has 0 N–H and O–H groups in total. The van der Waals surface area contributed by atoms with Crippen molar-refractivity contribution in [3.8, 4) is 0 Å². The Morgan fingerprint density at radius 1 is 1.50 bits per heavy atom. The Kier molecular flexibility index (Phi) is 3.77. The maximum Gasteiger partial charge on any atom is 0.345 e. The summed E-state index contributed by atoms with van der Waals surface area (Å²) < 4.78 is 4.84. The first-order valence-corrected chi connectivity index (χ1v) is 4.57. The number of ether oxygens (including phenoxy) is 1. The molecule has 5 heteroatoms. The minimum Gasteiger partial charge on any atom is -0.457 e. The number of esters is 1. The number of carbonyl (C=O) groups excluding carboxylic acids is 1. The molecule has 0 atom stereocenters. The zero-order valence-corrected chi connectivity index (χ0v) is 8.80. The fourth-order valence-electron chi connectivity index (χ4n) is 1.07. The molecule has 0 aliphatic heterocycles. The van der Waals surface area contributed by atoms with Gasteiger partial charge >= 0.3 is 5.97 Å². The van der Waals surface area contributed by atoms with Crippen molar-refractivity contribution in [2.75, 3.05) is 6.61 Å². The van der Waals surface area contributed by atoms with Gasteiger partial charge in [-0.25, -0.2) is 4.79 Å². The number of benzene rings is 1. The fourth-order valence-corrected chi connectivity index (χ4v) is 1.07. The van der Waals surface area contributed by atoms with Crippen LogP contribution in [0.3, 0.4) is 0 Å². The van der Waals surface area contributed by atoms with Crippen molar-refractivity contribution in [2.45, 2.75) is 6.92 Å². The van der Waals surface area contributed by atoms with Crippen molar-refractivity contribution >= 4 is 11.7 Å². The lowest BCUT2D eigenvalue weighted by atomic mass is 10.2. The van der Waals surface area contributed by atoms with Gasteiger partial charge in [0.1, 0.15) is 12.2 Å². The quantitative estimate of drug-likeness (QED) is 0.338. The van der Waals surface area contributed by atoms with Gasteiger partial charge < -0.3 is 4.74 Å². The zero-order valence-electron chi connectivity index (χ0n) is 8.80. The molecular formula is C11H11NO4. The smallest absolute Gasteiger partial charge is 0.345 e. The van der Waals surface area contributed by atoms with Gasteiger partial charge in [0.15, 0.2) is 0 Å². The molecule has 0 saturated carbocycles. The molecule has 0 aliphatic carbocycles. The van der Waals surface area contributed by atoms with Crippen molar-refractivity contribution in [3.05, 3.63) is 52.1 Å². The van der Waals surface area contributed by atoms with E-state index in [1.807, 2.05) is 0 Å². The normalized spacial score (nSPS) is 9.56. The highest BCUT2D eigenvalue weighted by Crippen LogP contribution is 2.18. The summed E-state index contributed by atoms with van der Waals surface area (Å²) in [6, 6.07) is 5.66. The molecule has 16 heavy (non-hydrogen) atoms. The number of rotatable bonds is 4. The second kappa shape index (κ2) is 5.06. The Hall–Kier alpha value is -2.17. The number of para-hydroxylation sites is 1. The highest BCUT2D eigenvalue weighted by atomic mass is 16.6. The Labute approximate surface area is 92.5 Å². The van der Waals surface area contributed by atoms with Crippen molar-refractivity contribution in [2.24, 2.45) is 0 Å². The third-order valence-electron chi connectivity index (χ3n) is 1.77. The molecule has 84 valence electrons. The summed E-state index contributed by atoms with van der Waals surface area (Å²) in [5.41, 5.74) is 0.370. The number of nitro groups is 1. The molecule has 1 aromatic carbocycles. The van der Waals surface area contributed by atoms with Gasteiger partial charge in [0.2, 0.25) is 0 Å². The molecule has 0 spiro atoms. The third kappa shape index (κ3) is 2.91. The Morgan fingerprint density at radius 3 is 2.69 bits per heavy atom. The van der Waals surface area contributed by atoms with Crippen molar-refractivity contribution in [1.29, 1.82) is 0 Å². The van der Waals surface area contributed by atoms with Crippen molar-refractivity contribution in [1.82, 2.24) is 0 Å². The minimum absolute atomic E-state index is 0.0475. The summed E-state index contributed by atoms with van der Waals surface area (Å²) in [7, 11) is 0. The second-order valence-electron chi connectivity index (χ2n) is 3.31. The molecule has 0 heterocycles. The summed E-state index contributed by atoms with van der Waals surface area (Å²) in [5, 5.41) is 10.6. The van der Waals surface area contributed by atoms with Crippen LogP contribution >= 0.6 is 0 Å². The van der Waals surface area contributed by atoms with Crippen LogP contribution in [0.4, 0.5) is 5.69 Å². The van der Waals surface area contributed by atoms with Gasteiger partial charge in [-0.1, -0.05) is 18.7 Å². The van der Waals surface area contributed by atoms with E-state index < -0.39 is 10.9 Å². The first-order valence-electron chi connectivity index (χ1n) is 4.57. The molecule has 0 amide bonds. The number of carbonyl (C=O) groups is 1. The van der Waals surface area contributed by atoms with E-state index >= 15 is 0 Å². The molecular weight excluding hydrogens is 210 g/mol. The van der Waals surface area contributed by atoms with Gasteiger partial charge in [-0.15, -0.1) is 0 Å². The van der Waals surface area contributed by atoms with Crippen LogP contribution in [0.25, 0.3) is 0 Å². The molecule has 0 aromatic heterocycles. The fraction of sp³-hybridized carbons (Fsp3) is 0.182. The zero-order chi connectivity index (χ0) is 12.1. The largest absolute Gasteiger partial charge is 0.457 e. The first-order chi connectivity index (χ1) is 7.52. The lowest BCUT2D eigenvalue weighted by Crippen LogP contribution is -2.09. The Morgan fingerprint density at radius 2 is 2.12 bits per heavy atom. The maximum atomic E-state index is 11.5. The van der Waals surface area contributed by atoms with Gasteiger partial charge in [0.05, 0.1) is 4.92 Å². The maximum absolute atomic E-state index is 11.5. The van der Waals surface area contributed by atoms with Crippen LogP contribution in [0.5, 0.6) is 0 Å². The van der Waals surface area contributed by atoms with E-state index in [4.69, 9.17) is 4.74 Å². The third-order valence-corrected chi connectivity index (χ3v) is 1.77. The van der Waals surface area contributed by atoms with Gasteiger partial charge in [0, 0.05) is 6.07 Å². The minimum atomic E-state index is -0.713. The molecule has 0 unspecified atom stereocenters. The second-order valence-corrected chi connectivity index (χ2v) is 3.31. The highest BCUT2D eigenvalue weighted by Gasteiger charge is 2.20. The summed E-state index contributed by atoms with van der Waals surface area (Å²) in [5.74, 6) is -0.713. The van der Waals surface area contributed by atoms with Crippen molar-refractivity contribution < 1.29 is 14.5 Å². The van der Waals surface area contributed by atoms with Crippen LogP contribution in [-0.2, 0) is 4.74 Å². The van der Waals surface area contributed by atoms with E-state index in [2.05, 4.69) is 6.58 Å². The van der Waals surface area contributed by atoms with Crippen LogP contribution in [0.15, 0.2) is 36.4 Å². The van der Waals surface area contributed by atoms with Gasteiger partial charge in [-0.05, 0) is 18.6 Å². The lowest BCUT2D eigenvalue weighted by molar-refractivity contribution is -0.385. The standard InChI is InChI=1S/C11H11NO4/c1-8(2)7-16-11(13)9-5-3-4-6-10(9)12(14)15/h3-6H,1,7H2,2H3. The summed E-state index contributed by atoms with van der Waals surface area (Å²) in [4.78, 5) is 21.5. The van der Waals surface area contributed by atoms with E-state index in [-0.39, 0.29) is 17.9 Å². The SMILES string of the molecule is C=C(C)COC(=O)c1ccccc1[N+](=O)[O-]. The molecule has 0 bridgehead atoms. The van der Waals surface area contributed by atoms with Crippen LogP contribution < -0.4 is 0 Å². The highest BCUT2D eigenvalue weighted by molar-refractivity contribution is 5.93. The number of hydrogen-bond acceptors (Lipinski definition) is 4. The summed E-state index contributed by atoms with van der Waals surface area (Å²) in [6.07, 6.45) is 0. The summed E-state index contributed by atoms with van der Waals surface area (Å²) in [6.45, 7) is 5.33. The monoisotopic (exact) mass is 221 g/mol. The average Bonchev–Trinajstić information content (AvgIpc) is 2.25. The van der Waals surface area contributed by atoms with E-state index in [1.54, 1.807) is 13.0 Å². The van der Waals surface area contributed by atoms with Crippen LogP contribution in [0, 0.1) is 10.1 Å². The van der Waals surface area contributed by atoms with E-state index in [0.717, 1.165) is 0 Å². The van der Waals surface area contributed by atoms with Gasteiger partial charge in [-0.2, -0.15) is 0 Å². The van der Waals surface area contributed by atoms with Gasteiger partial charge in [0.25, 0.3) is 5.69 Å². The first kappa shape index (κ1) is 11.9. The molecule has 0 radical (unpaired) electrons. The Bertz CT molecular complexity index is 439. The topological polar surface area (TPSA) is 69.4 Å². The number of nitrogens with zero attached hydrogens (tertiary/aromatic N) is 1. The number of nitro benzene ring substituents is 1. The molecule has 0 fully saturated rings. The van der Waals surface area contributed by atoms with Crippen molar-refractivity contribution in [3.63, 3.8) is 0 Å². The molecule has 5 nitrogen and oxygen atoms in total. The van der Waals surface area contributed by atoms with E-state index in [9.17, 15) is 14.9 Å². The van der Waals surface area contributed by atoms with Crippen LogP contribution in [0.1, 0.15) is 17.3 Å². The van der Waals surface area contributed by atoms with E-state index in [1.165, 1.54) is 18.2 Å². The molecule has 1 aromatic rings. The van der Waals surface area contributed by atoms with Gasteiger partial charge in [-0.3, -0.25) is 10.1 Å².